The SMILES string of the molecule is COc1cc(Br)cc(NC(=O)NC2CCCCC2)c1. The molecule has 4 nitrogen and oxygen atoms in total. The van der Waals surface area contributed by atoms with Gasteiger partial charge in [-0.15, -0.1) is 0 Å². The number of hydrogen-bond donors (Lipinski definition) is 2. The molecule has 0 atom stereocenters. The third-order valence-corrected chi connectivity index (χ3v) is 3.76. The monoisotopic (exact) mass is 326 g/mol. The van der Waals surface area contributed by atoms with Gasteiger partial charge in [-0.25, -0.2) is 4.79 Å². The predicted molar refractivity (Wildman–Crippen MR) is 79.7 cm³/mol. The summed E-state index contributed by atoms with van der Waals surface area (Å²) in [5, 5.41) is 5.86. The molecule has 0 bridgehead atoms. The van der Waals surface area contributed by atoms with E-state index in [1.807, 2.05) is 12.1 Å². The fraction of sp³-hybridized carbons (Fsp3) is 0.500. The molecule has 2 rings (SSSR count). The molecule has 104 valence electrons. The molecule has 1 fully saturated rings. The molecule has 2 amide bonds. The molecule has 5 heteroatoms. The van der Waals surface area contributed by atoms with E-state index in [0.717, 1.165) is 23.0 Å². The Balaban J connectivity index is 1.92. The van der Waals surface area contributed by atoms with Crippen molar-refractivity contribution in [2.45, 2.75) is 38.1 Å². The van der Waals surface area contributed by atoms with Crippen molar-refractivity contribution in [1.82, 2.24) is 5.32 Å². The van der Waals surface area contributed by atoms with E-state index < -0.39 is 0 Å². The Bertz CT molecular complexity index is 445. The second-order valence-electron chi connectivity index (χ2n) is 4.81. The van der Waals surface area contributed by atoms with E-state index in [9.17, 15) is 4.79 Å². The lowest BCUT2D eigenvalue weighted by Crippen LogP contribution is -2.39. The van der Waals surface area contributed by atoms with Gasteiger partial charge in [0.05, 0.1) is 7.11 Å². The fourth-order valence-corrected chi connectivity index (χ4v) is 2.82. The maximum absolute atomic E-state index is 11.9. The summed E-state index contributed by atoms with van der Waals surface area (Å²) in [6.07, 6.45) is 5.85. The van der Waals surface area contributed by atoms with Crippen molar-refractivity contribution in [2.24, 2.45) is 0 Å². The van der Waals surface area contributed by atoms with Crippen LogP contribution in [0.1, 0.15) is 32.1 Å². The van der Waals surface area contributed by atoms with Crippen molar-refractivity contribution >= 4 is 27.6 Å². The van der Waals surface area contributed by atoms with Gasteiger partial charge in [-0.05, 0) is 25.0 Å². The fourth-order valence-electron chi connectivity index (χ4n) is 2.35. The largest absolute Gasteiger partial charge is 0.497 e. The zero-order valence-corrected chi connectivity index (χ0v) is 12.6. The molecular weight excluding hydrogens is 308 g/mol. The summed E-state index contributed by atoms with van der Waals surface area (Å²) in [4.78, 5) is 11.9. The number of benzene rings is 1. The predicted octanol–water partition coefficient (Wildman–Crippen LogP) is 3.91. The maximum atomic E-state index is 11.9. The molecule has 0 unspecified atom stereocenters. The maximum Gasteiger partial charge on any atom is 0.319 e. The van der Waals surface area contributed by atoms with Gasteiger partial charge in [0, 0.05) is 22.3 Å². The Morgan fingerprint density at radius 2 is 2.00 bits per heavy atom. The molecule has 1 saturated carbocycles. The number of nitrogens with one attached hydrogen (secondary N) is 2. The summed E-state index contributed by atoms with van der Waals surface area (Å²) in [5.74, 6) is 0.711. The van der Waals surface area contributed by atoms with Gasteiger partial charge in [0.25, 0.3) is 0 Å². The van der Waals surface area contributed by atoms with E-state index in [2.05, 4.69) is 26.6 Å². The highest BCUT2D eigenvalue weighted by atomic mass is 79.9. The molecule has 1 aromatic carbocycles. The quantitative estimate of drug-likeness (QED) is 0.884. The summed E-state index contributed by atoms with van der Waals surface area (Å²) in [7, 11) is 1.60. The Hall–Kier alpha value is -1.23. The molecule has 0 radical (unpaired) electrons. The van der Waals surface area contributed by atoms with E-state index >= 15 is 0 Å². The van der Waals surface area contributed by atoms with Gasteiger partial charge in [0.1, 0.15) is 5.75 Å². The van der Waals surface area contributed by atoms with Crippen molar-refractivity contribution in [3.8, 4) is 5.75 Å². The van der Waals surface area contributed by atoms with E-state index in [0.29, 0.717) is 11.8 Å². The lowest BCUT2D eigenvalue weighted by atomic mass is 9.96. The molecule has 0 aliphatic heterocycles. The minimum Gasteiger partial charge on any atom is -0.497 e. The van der Waals surface area contributed by atoms with Crippen molar-refractivity contribution in [1.29, 1.82) is 0 Å². The number of urea groups is 1. The number of anilines is 1. The number of amides is 2. The second-order valence-corrected chi connectivity index (χ2v) is 5.73. The summed E-state index contributed by atoms with van der Waals surface area (Å²) < 4.78 is 6.04. The Morgan fingerprint density at radius 1 is 1.26 bits per heavy atom. The Morgan fingerprint density at radius 3 is 2.68 bits per heavy atom. The molecule has 19 heavy (non-hydrogen) atoms. The van der Waals surface area contributed by atoms with Gasteiger partial charge in [0.15, 0.2) is 0 Å². The van der Waals surface area contributed by atoms with Crippen LogP contribution in [0, 0.1) is 0 Å². The number of rotatable bonds is 3. The smallest absolute Gasteiger partial charge is 0.319 e. The van der Waals surface area contributed by atoms with Crippen LogP contribution in [0.4, 0.5) is 10.5 Å². The molecule has 0 saturated heterocycles. The van der Waals surface area contributed by atoms with E-state index in [-0.39, 0.29) is 6.03 Å². The van der Waals surface area contributed by atoms with Gasteiger partial charge in [-0.1, -0.05) is 35.2 Å². The number of carbonyl (C=O) groups is 1. The number of carbonyl (C=O) groups excluding carboxylic acids is 1. The number of halogens is 1. The molecule has 0 heterocycles. The zero-order valence-electron chi connectivity index (χ0n) is 11.0. The lowest BCUT2D eigenvalue weighted by molar-refractivity contribution is 0.244. The van der Waals surface area contributed by atoms with Crippen LogP contribution in [-0.2, 0) is 0 Å². The highest BCUT2D eigenvalue weighted by Crippen LogP contribution is 2.24. The number of hydrogen-bond acceptors (Lipinski definition) is 2. The number of methoxy groups -OCH3 is 1. The number of ether oxygens (including phenoxy) is 1. The van der Waals surface area contributed by atoms with Crippen LogP contribution in [0.25, 0.3) is 0 Å². The van der Waals surface area contributed by atoms with Gasteiger partial charge in [-0.3, -0.25) is 0 Å². The summed E-state index contributed by atoms with van der Waals surface area (Å²) in [6.45, 7) is 0. The van der Waals surface area contributed by atoms with E-state index in [4.69, 9.17) is 4.74 Å². The third kappa shape index (κ3) is 4.42. The summed E-state index contributed by atoms with van der Waals surface area (Å²) in [6, 6.07) is 5.66. The summed E-state index contributed by atoms with van der Waals surface area (Å²) >= 11 is 3.39. The minimum absolute atomic E-state index is 0.146. The molecule has 0 spiro atoms. The van der Waals surface area contributed by atoms with Crippen LogP contribution in [0.5, 0.6) is 5.75 Å². The average molecular weight is 327 g/mol. The molecular formula is C14H19BrN2O2. The Kier molecular flexibility index (Phi) is 5.07. The van der Waals surface area contributed by atoms with Crippen LogP contribution in [0.2, 0.25) is 0 Å². The van der Waals surface area contributed by atoms with Crippen LogP contribution in [0.15, 0.2) is 22.7 Å². The Labute approximate surface area is 122 Å². The normalized spacial score (nSPS) is 15.9. The minimum atomic E-state index is -0.146. The van der Waals surface area contributed by atoms with Crippen molar-refractivity contribution < 1.29 is 9.53 Å². The zero-order chi connectivity index (χ0) is 13.7. The van der Waals surface area contributed by atoms with Gasteiger partial charge in [-0.2, -0.15) is 0 Å². The van der Waals surface area contributed by atoms with Gasteiger partial charge in [0.2, 0.25) is 0 Å². The summed E-state index contributed by atoms with van der Waals surface area (Å²) in [5.41, 5.74) is 0.722. The molecule has 1 aliphatic rings. The van der Waals surface area contributed by atoms with Gasteiger partial charge >= 0.3 is 6.03 Å². The van der Waals surface area contributed by atoms with Crippen LogP contribution < -0.4 is 15.4 Å². The highest BCUT2D eigenvalue weighted by Gasteiger charge is 2.15. The highest BCUT2D eigenvalue weighted by molar-refractivity contribution is 9.10. The van der Waals surface area contributed by atoms with Crippen molar-refractivity contribution in [3.63, 3.8) is 0 Å². The van der Waals surface area contributed by atoms with Crippen LogP contribution in [-0.4, -0.2) is 19.2 Å². The molecule has 0 aromatic heterocycles. The lowest BCUT2D eigenvalue weighted by Gasteiger charge is -2.22. The first-order valence-electron chi connectivity index (χ1n) is 6.59. The van der Waals surface area contributed by atoms with Crippen LogP contribution >= 0.6 is 15.9 Å². The van der Waals surface area contributed by atoms with Crippen LogP contribution in [0.3, 0.4) is 0 Å². The standard InChI is InChI=1S/C14H19BrN2O2/c1-19-13-8-10(15)7-12(9-13)17-14(18)16-11-5-3-2-4-6-11/h7-9,11H,2-6H2,1H3,(H2,16,17,18). The van der Waals surface area contributed by atoms with Crippen molar-refractivity contribution in [2.75, 3.05) is 12.4 Å². The van der Waals surface area contributed by atoms with Gasteiger partial charge < -0.3 is 15.4 Å². The average Bonchev–Trinajstić information content (AvgIpc) is 2.38. The molecule has 1 aliphatic carbocycles. The molecule has 1 aromatic rings. The first-order valence-corrected chi connectivity index (χ1v) is 7.39. The van der Waals surface area contributed by atoms with Crippen molar-refractivity contribution in [3.05, 3.63) is 22.7 Å². The van der Waals surface area contributed by atoms with E-state index in [1.54, 1.807) is 13.2 Å². The first kappa shape index (κ1) is 14.2. The second kappa shape index (κ2) is 6.80. The topological polar surface area (TPSA) is 50.4 Å². The third-order valence-electron chi connectivity index (χ3n) is 3.31. The first-order chi connectivity index (χ1) is 9.17. The molecule has 2 N–H and O–H groups in total. The van der Waals surface area contributed by atoms with E-state index in [1.165, 1.54) is 19.3 Å².